The molecule has 0 bridgehead atoms. The molecule has 33 heavy (non-hydrogen) atoms. The third-order valence-corrected chi connectivity index (χ3v) is 7.19. The average Bonchev–Trinajstić information content (AvgIpc) is 3.48. The summed E-state index contributed by atoms with van der Waals surface area (Å²) in [6.45, 7) is 2.29. The van der Waals surface area contributed by atoms with E-state index < -0.39 is 20.8 Å². The summed E-state index contributed by atoms with van der Waals surface area (Å²) in [5, 5.41) is 2.82. The second-order valence-corrected chi connectivity index (χ2v) is 12.9. The summed E-state index contributed by atoms with van der Waals surface area (Å²) >= 11 is -0.826. The molecule has 2 saturated carbocycles. The molecule has 0 amide bonds. The Morgan fingerprint density at radius 2 is 1.42 bits per heavy atom. The first kappa shape index (κ1) is 30.7. The molecule has 0 aromatic heterocycles. The normalized spacial score (nSPS) is 22.6. The predicted molar refractivity (Wildman–Crippen MR) is 147 cm³/mol. The molecule has 2 aromatic rings. The average molecular weight is 565 g/mol. The van der Waals surface area contributed by atoms with Crippen molar-refractivity contribution in [1.29, 1.82) is 0 Å². The van der Waals surface area contributed by atoms with E-state index in [9.17, 15) is 0 Å². The Morgan fingerprint density at radius 3 is 2.03 bits per heavy atom. The number of hydrogen-bond acceptors (Lipinski definition) is 0. The van der Waals surface area contributed by atoms with Crippen LogP contribution in [0.3, 0.4) is 0 Å². The van der Waals surface area contributed by atoms with Crippen LogP contribution in [0.2, 0.25) is 0 Å². The van der Waals surface area contributed by atoms with Crippen LogP contribution in [0.5, 0.6) is 0 Å². The molecule has 3 aliphatic carbocycles. The number of benzene rings is 2. The second kappa shape index (κ2) is 17.1. The van der Waals surface area contributed by atoms with Gasteiger partial charge in [0.05, 0.1) is 0 Å². The van der Waals surface area contributed by atoms with Crippen molar-refractivity contribution >= 4 is 27.8 Å². The van der Waals surface area contributed by atoms with Crippen LogP contribution in [-0.2, 0) is 20.8 Å². The van der Waals surface area contributed by atoms with Crippen molar-refractivity contribution in [2.24, 2.45) is 17.8 Å². The van der Waals surface area contributed by atoms with Crippen molar-refractivity contribution in [3.8, 4) is 0 Å². The third-order valence-electron chi connectivity index (χ3n) is 7.19. The number of halogens is 2. The van der Waals surface area contributed by atoms with E-state index in [2.05, 4.69) is 73.7 Å². The van der Waals surface area contributed by atoms with Crippen LogP contribution in [0.25, 0.3) is 10.8 Å². The number of fused-ring (bicyclic) bond motifs is 2. The summed E-state index contributed by atoms with van der Waals surface area (Å²) in [6.07, 6.45) is 22.3. The van der Waals surface area contributed by atoms with Gasteiger partial charge in [0.25, 0.3) is 0 Å². The van der Waals surface area contributed by atoms with Crippen molar-refractivity contribution in [1.82, 2.24) is 0 Å². The molecule has 0 saturated heterocycles. The SMILES string of the molecule is C1=CC2CC(c3cccc4ccccc34)CC2C=C1.CCCCC1CCCC1.[CH3-].[CH3-].[Cl][Zr+2][Cl]. The van der Waals surface area contributed by atoms with Crippen molar-refractivity contribution in [3.63, 3.8) is 0 Å². The first-order chi connectivity index (χ1) is 15.3. The molecule has 0 radical (unpaired) electrons. The summed E-state index contributed by atoms with van der Waals surface area (Å²) in [5.74, 6) is 3.35. The van der Waals surface area contributed by atoms with Gasteiger partial charge in [0.15, 0.2) is 0 Å². The molecule has 0 aliphatic heterocycles. The minimum atomic E-state index is -0.826. The van der Waals surface area contributed by atoms with Gasteiger partial charge in [0, 0.05) is 0 Å². The van der Waals surface area contributed by atoms with E-state index in [0.717, 1.165) is 17.8 Å². The van der Waals surface area contributed by atoms with Crippen LogP contribution in [0.4, 0.5) is 0 Å². The number of allylic oxidation sites excluding steroid dienone is 4. The standard InChI is InChI=1S/C19H18.C9H18.2CH3.2ClH.Zr/c1-2-8-16-13-17(12-15(16)7-1)19-11-5-9-14-6-3-4-10-18(14)19;1-2-3-6-9-7-4-5-8-9;;;;;/h1-11,15-17H,12-13H2;9H,2-8H2,1H3;2*1H3;2*1H;/q;;2*-1;;;+4/p-2. The first-order valence-electron chi connectivity index (χ1n) is 12.1. The zero-order valence-corrected chi connectivity index (χ0v) is 24.8. The van der Waals surface area contributed by atoms with E-state index >= 15 is 0 Å². The van der Waals surface area contributed by atoms with Gasteiger partial charge >= 0.3 is 37.9 Å². The maximum atomic E-state index is 4.93. The van der Waals surface area contributed by atoms with Crippen molar-refractivity contribution in [2.45, 2.75) is 70.6 Å². The summed E-state index contributed by atoms with van der Waals surface area (Å²) in [7, 11) is 9.87. The fourth-order valence-electron chi connectivity index (χ4n) is 5.61. The van der Waals surface area contributed by atoms with Crippen molar-refractivity contribution in [3.05, 3.63) is 87.2 Å². The van der Waals surface area contributed by atoms with Gasteiger partial charge < -0.3 is 14.9 Å². The van der Waals surface area contributed by atoms with Gasteiger partial charge in [0.2, 0.25) is 0 Å². The zero-order chi connectivity index (χ0) is 21.9. The summed E-state index contributed by atoms with van der Waals surface area (Å²) in [4.78, 5) is 0. The van der Waals surface area contributed by atoms with Crippen LogP contribution in [0.1, 0.15) is 76.2 Å². The molecular weight excluding hydrogens is 522 g/mol. The number of hydrogen-bond donors (Lipinski definition) is 0. The Balaban J connectivity index is 0.000000332. The summed E-state index contributed by atoms with van der Waals surface area (Å²) < 4.78 is 0. The molecule has 2 atom stereocenters. The zero-order valence-electron chi connectivity index (χ0n) is 20.8. The Morgan fingerprint density at radius 1 is 0.848 bits per heavy atom. The minimum absolute atomic E-state index is 0. The van der Waals surface area contributed by atoms with Gasteiger partial charge in [-0.25, -0.2) is 0 Å². The van der Waals surface area contributed by atoms with Crippen LogP contribution >= 0.6 is 17.0 Å². The Hall–Kier alpha value is -0.357. The van der Waals surface area contributed by atoms with Gasteiger partial charge in [-0.2, -0.15) is 0 Å². The monoisotopic (exact) mass is 562 g/mol. The Kier molecular flexibility index (Phi) is 15.9. The molecular formula is C30H42Cl2Zr. The molecule has 3 heteroatoms. The second-order valence-electron chi connectivity index (χ2n) is 9.20. The molecule has 0 N–H and O–H groups in total. The fourth-order valence-corrected chi connectivity index (χ4v) is 5.61. The predicted octanol–water partition coefficient (Wildman–Crippen LogP) is 10.7. The fraction of sp³-hybridized carbons (Fsp3) is 0.467. The molecule has 3 aliphatic rings. The number of unbranched alkanes of at least 4 members (excludes halogenated alkanes) is 1. The Bertz CT molecular complexity index is 813. The van der Waals surface area contributed by atoms with Crippen LogP contribution in [0, 0.1) is 32.6 Å². The number of rotatable bonds is 4. The third kappa shape index (κ3) is 9.31. The topological polar surface area (TPSA) is 0 Å². The quantitative estimate of drug-likeness (QED) is 0.324. The van der Waals surface area contributed by atoms with E-state index in [1.54, 1.807) is 5.56 Å². The van der Waals surface area contributed by atoms with Gasteiger partial charge in [-0.05, 0) is 52.8 Å². The van der Waals surface area contributed by atoms with Crippen LogP contribution < -0.4 is 0 Å². The molecule has 5 rings (SSSR count). The van der Waals surface area contributed by atoms with Crippen molar-refractivity contribution < 1.29 is 20.8 Å². The van der Waals surface area contributed by atoms with Gasteiger partial charge in [0.1, 0.15) is 0 Å². The van der Waals surface area contributed by atoms with E-state index in [-0.39, 0.29) is 14.9 Å². The maximum absolute atomic E-state index is 4.93. The molecule has 0 heterocycles. The Labute approximate surface area is 222 Å². The van der Waals surface area contributed by atoms with E-state index in [0.29, 0.717) is 5.92 Å². The van der Waals surface area contributed by atoms with Gasteiger partial charge in [-0.15, -0.1) is 0 Å². The van der Waals surface area contributed by atoms with E-state index in [4.69, 9.17) is 17.0 Å². The summed E-state index contributed by atoms with van der Waals surface area (Å²) in [6, 6.07) is 15.6. The molecule has 0 spiro atoms. The van der Waals surface area contributed by atoms with E-state index in [1.807, 2.05) is 0 Å². The molecule has 180 valence electrons. The summed E-state index contributed by atoms with van der Waals surface area (Å²) in [5.41, 5.74) is 1.55. The molecule has 2 fully saturated rings. The first-order valence-corrected chi connectivity index (χ1v) is 18.4. The van der Waals surface area contributed by atoms with Gasteiger partial charge in [-0.3, -0.25) is 0 Å². The van der Waals surface area contributed by atoms with Crippen LogP contribution in [0.15, 0.2) is 66.8 Å². The molecule has 2 unspecified atom stereocenters. The molecule has 2 aromatic carbocycles. The van der Waals surface area contributed by atoms with Gasteiger partial charge in [-0.1, -0.05) is 119 Å². The van der Waals surface area contributed by atoms with Crippen LogP contribution in [-0.4, -0.2) is 0 Å². The van der Waals surface area contributed by atoms with E-state index in [1.165, 1.54) is 68.6 Å². The van der Waals surface area contributed by atoms with Crippen molar-refractivity contribution in [2.75, 3.05) is 0 Å². The molecule has 0 nitrogen and oxygen atoms in total.